The molecular weight excluding hydrogens is 248 g/mol. The molecule has 0 unspecified atom stereocenters. The van der Waals surface area contributed by atoms with Gasteiger partial charge in [0, 0.05) is 11.1 Å². The molecule has 0 aliphatic heterocycles. The van der Waals surface area contributed by atoms with Crippen LogP contribution in [0.3, 0.4) is 0 Å². The van der Waals surface area contributed by atoms with Gasteiger partial charge in [0.2, 0.25) is 0 Å². The van der Waals surface area contributed by atoms with Gasteiger partial charge in [-0.1, -0.05) is 37.3 Å². The van der Waals surface area contributed by atoms with Crippen LogP contribution in [-0.4, -0.2) is 12.6 Å². The van der Waals surface area contributed by atoms with E-state index in [9.17, 15) is 4.79 Å². The van der Waals surface area contributed by atoms with Crippen LogP contribution >= 0.6 is 11.6 Å². The zero-order valence-corrected chi connectivity index (χ0v) is 11.0. The molecule has 0 aliphatic carbocycles. The minimum absolute atomic E-state index is 0.264. The Kier molecular flexibility index (Phi) is 4.84. The van der Waals surface area contributed by atoms with E-state index in [1.807, 2.05) is 13.8 Å². The highest BCUT2D eigenvalue weighted by molar-refractivity contribution is 6.33. The molecule has 2 nitrogen and oxygen atoms in total. The molecular formula is C15H13ClO2. The summed E-state index contributed by atoms with van der Waals surface area (Å²) in [5.74, 6) is 4.60. The lowest BCUT2D eigenvalue weighted by Gasteiger charge is -2.09. The molecule has 0 radical (unpaired) electrons. The van der Waals surface area contributed by atoms with Crippen LogP contribution in [-0.2, 0) is 4.74 Å². The molecule has 92 valence electrons. The number of benzene rings is 1. The third-order valence-corrected chi connectivity index (χ3v) is 2.57. The summed E-state index contributed by atoms with van der Waals surface area (Å²) in [6.45, 7) is 4.25. The fraction of sp³-hybridized carbons (Fsp3) is 0.267. The van der Waals surface area contributed by atoms with Crippen molar-refractivity contribution in [3.63, 3.8) is 0 Å². The SMILES string of the molecule is C#Cc1cc(C(=O)OCC(C)C)cc(C#C)c1Cl. The van der Waals surface area contributed by atoms with Crippen LogP contribution in [0.1, 0.15) is 35.3 Å². The maximum Gasteiger partial charge on any atom is 0.338 e. The van der Waals surface area contributed by atoms with E-state index in [0.717, 1.165) is 0 Å². The van der Waals surface area contributed by atoms with E-state index in [0.29, 0.717) is 28.3 Å². The first-order chi connectivity index (χ1) is 8.49. The first-order valence-electron chi connectivity index (χ1n) is 5.43. The van der Waals surface area contributed by atoms with Gasteiger partial charge < -0.3 is 4.74 Å². The number of terminal acetylenes is 2. The van der Waals surface area contributed by atoms with Crippen molar-refractivity contribution in [2.75, 3.05) is 6.61 Å². The number of rotatable bonds is 3. The lowest BCUT2D eigenvalue weighted by Crippen LogP contribution is -2.10. The monoisotopic (exact) mass is 260 g/mol. The number of hydrogen-bond acceptors (Lipinski definition) is 2. The van der Waals surface area contributed by atoms with E-state index in [2.05, 4.69) is 11.8 Å². The molecule has 1 aromatic carbocycles. The van der Waals surface area contributed by atoms with Crippen molar-refractivity contribution >= 4 is 17.6 Å². The van der Waals surface area contributed by atoms with Gasteiger partial charge in [0.25, 0.3) is 0 Å². The normalized spacial score (nSPS) is 9.67. The highest BCUT2D eigenvalue weighted by Gasteiger charge is 2.13. The Morgan fingerprint density at radius 2 is 1.83 bits per heavy atom. The number of carbonyl (C=O) groups is 1. The van der Waals surface area contributed by atoms with Crippen molar-refractivity contribution in [1.29, 1.82) is 0 Å². The lowest BCUT2D eigenvalue weighted by molar-refractivity contribution is 0.0459. The standard InChI is InChI=1S/C15H13ClO2/c1-5-11-7-13(8-12(6-2)14(11)16)15(17)18-9-10(3)4/h1-2,7-8,10H,9H2,3-4H3. The van der Waals surface area contributed by atoms with Gasteiger partial charge in [-0.25, -0.2) is 4.79 Å². The zero-order chi connectivity index (χ0) is 13.7. The van der Waals surface area contributed by atoms with E-state index < -0.39 is 5.97 Å². The number of esters is 1. The molecule has 0 spiro atoms. The minimum atomic E-state index is -0.451. The van der Waals surface area contributed by atoms with Crippen molar-refractivity contribution in [3.05, 3.63) is 33.8 Å². The predicted octanol–water partition coefficient (Wildman–Crippen LogP) is 3.12. The summed E-state index contributed by atoms with van der Waals surface area (Å²) < 4.78 is 5.11. The molecule has 3 heteroatoms. The summed E-state index contributed by atoms with van der Waals surface area (Å²) in [5, 5.41) is 0.306. The zero-order valence-electron chi connectivity index (χ0n) is 10.3. The van der Waals surface area contributed by atoms with Crippen LogP contribution in [0.25, 0.3) is 0 Å². The van der Waals surface area contributed by atoms with E-state index in [1.54, 1.807) is 0 Å². The van der Waals surface area contributed by atoms with E-state index >= 15 is 0 Å². The second-order valence-corrected chi connectivity index (χ2v) is 4.54. The quantitative estimate of drug-likeness (QED) is 0.617. The van der Waals surface area contributed by atoms with Crippen LogP contribution in [0.4, 0.5) is 0 Å². The Balaban J connectivity index is 3.08. The molecule has 0 amide bonds. The summed E-state index contributed by atoms with van der Waals surface area (Å²) in [7, 11) is 0. The van der Waals surface area contributed by atoms with Crippen LogP contribution in [0.2, 0.25) is 5.02 Å². The second-order valence-electron chi connectivity index (χ2n) is 4.17. The van der Waals surface area contributed by atoms with Gasteiger partial charge in [-0.05, 0) is 18.1 Å². The van der Waals surface area contributed by atoms with Crippen LogP contribution in [0.15, 0.2) is 12.1 Å². The lowest BCUT2D eigenvalue weighted by atomic mass is 10.1. The van der Waals surface area contributed by atoms with E-state index in [4.69, 9.17) is 29.2 Å². The van der Waals surface area contributed by atoms with E-state index in [1.165, 1.54) is 12.1 Å². The van der Waals surface area contributed by atoms with E-state index in [-0.39, 0.29) is 5.92 Å². The summed E-state index contributed by atoms with van der Waals surface area (Å²) in [6.07, 6.45) is 10.6. The van der Waals surface area contributed by atoms with Crippen molar-refractivity contribution in [1.82, 2.24) is 0 Å². The summed E-state index contributed by atoms with van der Waals surface area (Å²) in [4.78, 5) is 11.8. The van der Waals surface area contributed by atoms with Crippen molar-refractivity contribution in [2.24, 2.45) is 5.92 Å². The van der Waals surface area contributed by atoms with Gasteiger partial charge in [0.05, 0.1) is 17.2 Å². The molecule has 18 heavy (non-hydrogen) atoms. The Morgan fingerprint density at radius 3 is 2.22 bits per heavy atom. The number of hydrogen-bond donors (Lipinski definition) is 0. The first-order valence-corrected chi connectivity index (χ1v) is 5.81. The molecule has 0 saturated carbocycles. The average molecular weight is 261 g/mol. The molecule has 0 fully saturated rings. The van der Waals surface area contributed by atoms with Gasteiger partial charge >= 0.3 is 5.97 Å². The smallest absolute Gasteiger partial charge is 0.338 e. The Hall–Kier alpha value is -1.90. The highest BCUT2D eigenvalue weighted by atomic mass is 35.5. The minimum Gasteiger partial charge on any atom is -0.462 e. The molecule has 0 aromatic heterocycles. The third-order valence-electron chi connectivity index (χ3n) is 2.17. The molecule has 0 heterocycles. The molecule has 0 aliphatic rings. The second kappa shape index (κ2) is 6.15. The molecule has 1 aromatic rings. The Bertz CT molecular complexity index is 510. The fourth-order valence-electron chi connectivity index (χ4n) is 1.28. The van der Waals surface area contributed by atoms with Crippen LogP contribution < -0.4 is 0 Å². The predicted molar refractivity (Wildman–Crippen MR) is 72.4 cm³/mol. The third kappa shape index (κ3) is 3.29. The summed E-state index contributed by atoms with van der Waals surface area (Å²) in [5.41, 5.74) is 1.10. The Labute approximate surface area is 112 Å². The topological polar surface area (TPSA) is 26.3 Å². The Morgan fingerprint density at radius 1 is 1.33 bits per heavy atom. The van der Waals surface area contributed by atoms with Crippen molar-refractivity contribution in [3.8, 4) is 24.7 Å². The molecule has 0 N–H and O–H groups in total. The van der Waals surface area contributed by atoms with Gasteiger partial charge in [-0.15, -0.1) is 12.8 Å². The number of carbonyl (C=O) groups excluding carboxylic acids is 1. The van der Waals surface area contributed by atoms with Crippen molar-refractivity contribution < 1.29 is 9.53 Å². The molecule has 0 saturated heterocycles. The van der Waals surface area contributed by atoms with Crippen LogP contribution in [0.5, 0.6) is 0 Å². The maximum atomic E-state index is 11.8. The highest BCUT2D eigenvalue weighted by Crippen LogP contribution is 2.22. The summed E-state index contributed by atoms with van der Waals surface area (Å²) >= 11 is 5.98. The average Bonchev–Trinajstić information content (AvgIpc) is 2.36. The fourth-order valence-corrected chi connectivity index (χ4v) is 1.50. The van der Waals surface area contributed by atoms with Gasteiger partial charge in [0.1, 0.15) is 0 Å². The van der Waals surface area contributed by atoms with Gasteiger partial charge in [-0.3, -0.25) is 0 Å². The molecule has 0 atom stereocenters. The van der Waals surface area contributed by atoms with Crippen LogP contribution in [0, 0.1) is 30.6 Å². The molecule has 0 bridgehead atoms. The van der Waals surface area contributed by atoms with Gasteiger partial charge in [0.15, 0.2) is 0 Å². The number of halogens is 1. The number of ether oxygens (including phenoxy) is 1. The first kappa shape index (κ1) is 14.2. The maximum absolute atomic E-state index is 11.8. The van der Waals surface area contributed by atoms with Gasteiger partial charge in [-0.2, -0.15) is 0 Å². The largest absolute Gasteiger partial charge is 0.462 e. The molecule has 1 rings (SSSR count). The summed E-state index contributed by atoms with van der Waals surface area (Å²) in [6, 6.07) is 3.01. The van der Waals surface area contributed by atoms with Crippen molar-refractivity contribution in [2.45, 2.75) is 13.8 Å².